The number of benzene rings is 1. The summed E-state index contributed by atoms with van der Waals surface area (Å²) in [6.07, 6.45) is 1.91. The Balaban J connectivity index is 2.82. The Labute approximate surface area is 87.4 Å². The fourth-order valence-corrected chi connectivity index (χ4v) is 2.83. The zero-order valence-electron chi connectivity index (χ0n) is 8.33. The first kappa shape index (κ1) is 9.41. The van der Waals surface area contributed by atoms with Crippen LogP contribution in [0.4, 0.5) is 0 Å². The number of carbonyl (C=O) groups excluding carboxylic acids is 1. The molecule has 0 aliphatic heterocycles. The van der Waals surface area contributed by atoms with Crippen molar-refractivity contribution in [1.82, 2.24) is 0 Å². The highest BCUT2D eigenvalue weighted by Gasteiger charge is 2.06. The van der Waals surface area contributed by atoms with Crippen LogP contribution in [0.2, 0.25) is 0 Å². The Hall–Kier alpha value is -1.15. The first-order chi connectivity index (χ1) is 6.76. The summed E-state index contributed by atoms with van der Waals surface area (Å²) in [6.45, 7) is 4.25. The predicted molar refractivity (Wildman–Crippen MR) is 61.3 cm³/mol. The molecule has 2 heteroatoms. The minimum Gasteiger partial charge on any atom is -0.298 e. The van der Waals surface area contributed by atoms with Crippen LogP contribution < -0.4 is 0 Å². The monoisotopic (exact) mass is 204 g/mol. The van der Waals surface area contributed by atoms with Gasteiger partial charge in [-0.15, -0.1) is 11.3 Å². The van der Waals surface area contributed by atoms with Crippen LogP contribution in [0.15, 0.2) is 17.5 Å². The first-order valence-corrected chi connectivity index (χ1v) is 5.60. The Bertz CT molecular complexity index is 482. The molecule has 2 aromatic rings. The lowest BCUT2D eigenvalue weighted by Crippen LogP contribution is -1.87. The molecule has 0 radical (unpaired) electrons. The van der Waals surface area contributed by atoms with Crippen molar-refractivity contribution in [2.24, 2.45) is 0 Å². The van der Waals surface area contributed by atoms with Crippen molar-refractivity contribution in [2.75, 3.05) is 0 Å². The van der Waals surface area contributed by atoms with Crippen molar-refractivity contribution in [3.05, 3.63) is 34.2 Å². The van der Waals surface area contributed by atoms with Crippen molar-refractivity contribution in [3.8, 4) is 0 Å². The van der Waals surface area contributed by atoms with Gasteiger partial charge in [-0.2, -0.15) is 0 Å². The van der Waals surface area contributed by atoms with Crippen LogP contribution in [-0.4, -0.2) is 6.29 Å². The first-order valence-electron chi connectivity index (χ1n) is 4.72. The summed E-state index contributed by atoms with van der Waals surface area (Å²) in [7, 11) is 0. The topological polar surface area (TPSA) is 17.1 Å². The van der Waals surface area contributed by atoms with Gasteiger partial charge in [0.2, 0.25) is 0 Å². The normalized spacial score (nSPS) is 10.7. The Kier molecular flexibility index (Phi) is 2.38. The summed E-state index contributed by atoms with van der Waals surface area (Å²) in [5.74, 6) is 0. The molecule has 0 aliphatic rings. The fourth-order valence-electron chi connectivity index (χ4n) is 1.80. The Morgan fingerprint density at radius 3 is 2.86 bits per heavy atom. The molecule has 2 rings (SSSR count). The number of fused-ring (bicyclic) bond motifs is 1. The minimum atomic E-state index is 0.788. The van der Waals surface area contributed by atoms with Crippen molar-refractivity contribution in [1.29, 1.82) is 0 Å². The lowest BCUT2D eigenvalue weighted by molar-refractivity contribution is 0.112. The number of aryl methyl sites for hydroxylation is 2. The van der Waals surface area contributed by atoms with E-state index in [2.05, 4.69) is 19.2 Å². The van der Waals surface area contributed by atoms with Gasteiger partial charge in [-0.1, -0.05) is 6.92 Å². The van der Waals surface area contributed by atoms with Crippen molar-refractivity contribution < 1.29 is 4.79 Å². The SMILES string of the molecule is CCc1cc(C=O)cc2scc(C)c12. The lowest BCUT2D eigenvalue weighted by Gasteiger charge is -2.02. The van der Waals surface area contributed by atoms with Crippen LogP contribution in [-0.2, 0) is 6.42 Å². The van der Waals surface area contributed by atoms with Gasteiger partial charge in [0.25, 0.3) is 0 Å². The zero-order valence-corrected chi connectivity index (χ0v) is 9.15. The van der Waals surface area contributed by atoms with Gasteiger partial charge in [0, 0.05) is 10.3 Å². The molecular formula is C12H12OS. The van der Waals surface area contributed by atoms with E-state index in [9.17, 15) is 4.79 Å². The molecule has 1 aromatic heterocycles. The molecule has 0 atom stereocenters. The third-order valence-corrected chi connectivity index (χ3v) is 3.53. The van der Waals surface area contributed by atoms with Gasteiger partial charge < -0.3 is 0 Å². The predicted octanol–water partition coefficient (Wildman–Crippen LogP) is 3.58. The van der Waals surface area contributed by atoms with E-state index < -0.39 is 0 Å². The second kappa shape index (κ2) is 3.54. The average molecular weight is 204 g/mol. The van der Waals surface area contributed by atoms with E-state index >= 15 is 0 Å². The molecule has 72 valence electrons. The van der Waals surface area contributed by atoms with Crippen molar-refractivity contribution in [2.45, 2.75) is 20.3 Å². The van der Waals surface area contributed by atoms with Gasteiger partial charge in [-0.05, 0) is 47.4 Å². The van der Waals surface area contributed by atoms with E-state index in [1.54, 1.807) is 11.3 Å². The summed E-state index contributed by atoms with van der Waals surface area (Å²) in [4.78, 5) is 10.7. The quantitative estimate of drug-likeness (QED) is 0.683. The number of rotatable bonds is 2. The van der Waals surface area contributed by atoms with E-state index in [1.807, 2.05) is 12.1 Å². The van der Waals surface area contributed by atoms with Crippen molar-refractivity contribution >= 4 is 27.7 Å². The molecule has 0 saturated heterocycles. The van der Waals surface area contributed by atoms with Crippen LogP contribution in [0.5, 0.6) is 0 Å². The molecule has 0 amide bonds. The molecule has 14 heavy (non-hydrogen) atoms. The van der Waals surface area contributed by atoms with Gasteiger partial charge in [-0.3, -0.25) is 4.79 Å². The largest absolute Gasteiger partial charge is 0.298 e. The maximum atomic E-state index is 10.7. The van der Waals surface area contributed by atoms with E-state index in [-0.39, 0.29) is 0 Å². The van der Waals surface area contributed by atoms with E-state index in [4.69, 9.17) is 0 Å². The maximum absolute atomic E-state index is 10.7. The van der Waals surface area contributed by atoms with Crippen molar-refractivity contribution in [3.63, 3.8) is 0 Å². The molecule has 0 bridgehead atoms. The summed E-state index contributed by atoms with van der Waals surface area (Å²) in [5, 5.41) is 3.49. The van der Waals surface area contributed by atoms with E-state index in [1.165, 1.54) is 21.2 Å². The van der Waals surface area contributed by atoms with Crippen LogP contribution in [0, 0.1) is 6.92 Å². The van der Waals surface area contributed by atoms with E-state index in [0.29, 0.717) is 0 Å². The third kappa shape index (κ3) is 1.36. The molecule has 0 N–H and O–H groups in total. The zero-order chi connectivity index (χ0) is 10.1. The van der Waals surface area contributed by atoms with Crippen LogP contribution in [0.3, 0.4) is 0 Å². The van der Waals surface area contributed by atoms with Gasteiger partial charge in [0.05, 0.1) is 0 Å². The second-order valence-electron chi connectivity index (χ2n) is 3.44. The number of hydrogen-bond donors (Lipinski definition) is 0. The number of aldehydes is 1. The van der Waals surface area contributed by atoms with Gasteiger partial charge >= 0.3 is 0 Å². The second-order valence-corrected chi connectivity index (χ2v) is 4.35. The highest BCUT2D eigenvalue weighted by atomic mass is 32.1. The summed E-state index contributed by atoms with van der Waals surface area (Å²) in [6, 6.07) is 3.97. The van der Waals surface area contributed by atoms with Gasteiger partial charge in [-0.25, -0.2) is 0 Å². The number of carbonyl (C=O) groups is 1. The number of thiophene rings is 1. The van der Waals surface area contributed by atoms with Crippen LogP contribution in [0.25, 0.3) is 10.1 Å². The molecule has 0 saturated carbocycles. The van der Waals surface area contributed by atoms with Crippen LogP contribution in [0.1, 0.15) is 28.4 Å². The average Bonchev–Trinajstić information content (AvgIpc) is 2.59. The van der Waals surface area contributed by atoms with E-state index in [0.717, 1.165) is 18.3 Å². The molecular weight excluding hydrogens is 192 g/mol. The molecule has 0 fully saturated rings. The standard InChI is InChI=1S/C12H12OS/c1-3-10-4-9(6-13)5-11-12(10)8(2)7-14-11/h4-7H,3H2,1-2H3. The molecule has 1 aromatic carbocycles. The molecule has 0 spiro atoms. The Morgan fingerprint density at radius 2 is 2.21 bits per heavy atom. The summed E-state index contributed by atoms with van der Waals surface area (Å²) >= 11 is 1.71. The molecule has 0 unspecified atom stereocenters. The molecule has 1 heterocycles. The minimum absolute atomic E-state index is 0.788. The number of hydrogen-bond acceptors (Lipinski definition) is 2. The molecule has 0 aliphatic carbocycles. The lowest BCUT2D eigenvalue weighted by atomic mass is 10.0. The smallest absolute Gasteiger partial charge is 0.150 e. The highest BCUT2D eigenvalue weighted by Crippen LogP contribution is 2.29. The third-order valence-electron chi connectivity index (χ3n) is 2.48. The van der Waals surface area contributed by atoms with Crippen LogP contribution >= 0.6 is 11.3 Å². The van der Waals surface area contributed by atoms with Gasteiger partial charge in [0.15, 0.2) is 0 Å². The van der Waals surface area contributed by atoms with Gasteiger partial charge in [0.1, 0.15) is 6.29 Å². The fraction of sp³-hybridized carbons (Fsp3) is 0.250. The summed E-state index contributed by atoms with van der Waals surface area (Å²) in [5.41, 5.74) is 3.39. The summed E-state index contributed by atoms with van der Waals surface area (Å²) < 4.78 is 1.23. The Morgan fingerprint density at radius 1 is 1.43 bits per heavy atom. The highest BCUT2D eigenvalue weighted by molar-refractivity contribution is 7.17. The molecule has 1 nitrogen and oxygen atoms in total. The maximum Gasteiger partial charge on any atom is 0.150 e.